The number of carbonyl (C=O) groups is 2. The number of rotatable bonds is 10. The minimum absolute atomic E-state index is 0.0237. The van der Waals surface area contributed by atoms with Gasteiger partial charge in [0.15, 0.2) is 5.16 Å². The summed E-state index contributed by atoms with van der Waals surface area (Å²) in [6, 6.07) is 28.6. The Morgan fingerprint density at radius 2 is 1.03 bits per heavy atom. The highest BCUT2D eigenvalue weighted by molar-refractivity contribution is 7.98. The monoisotopic (exact) mass is 960 g/mol. The minimum Gasteiger partial charge on any atom is -0.288 e. The van der Waals surface area contributed by atoms with Crippen LogP contribution in [0.15, 0.2) is 132 Å². The van der Waals surface area contributed by atoms with E-state index in [2.05, 4.69) is 19.9 Å². The van der Waals surface area contributed by atoms with Crippen LogP contribution in [0.2, 0.25) is 10.0 Å². The smallest absolute Gasteiger partial charge is 0.288 e. The van der Waals surface area contributed by atoms with Gasteiger partial charge in [0.1, 0.15) is 24.7 Å². The molecule has 0 bridgehead atoms. The molecule has 0 spiro atoms. The highest BCUT2D eigenvalue weighted by Crippen LogP contribution is 2.38. The molecule has 64 heavy (non-hydrogen) atoms. The van der Waals surface area contributed by atoms with Crippen LogP contribution < -0.4 is 19.6 Å². The first-order valence-electron chi connectivity index (χ1n) is 18.8. The fourth-order valence-electron chi connectivity index (χ4n) is 6.56. The zero-order chi connectivity index (χ0) is 45.8. The predicted molar refractivity (Wildman–Crippen MR) is 230 cm³/mol. The van der Waals surface area contributed by atoms with Crippen LogP contribution in [-0.2, 0) is 34.4 Å². The van der Waals surface area contributed by atoms with Gasteiger partial charge in [-0.1, -0.05) is 120 Å². The van der Waals surface area contributed by atoms with Crippen molar-refractivity contribution in [1.29, 1.82) is 0 Å². The molecule has 0 atom stereocenters. The molecule has 12 nitrogen and oxygen atoms in total. The number of carbonyl (C=O) groups excluding carboxylic acids is 2. The van der Waals surface area contributed by atoms with Crippen molar-refractivity contribution in [3.63, 3.8) is 0 Å². The van der Waals surface area contributed by atoms with Gasteiger partial charge in [0.05, 0.1) is 40.3 Å². The van der Waals surface area contributed by atoms with Crippen LogP contribution in [0.25, 0.3) is 0 Å². The zero-order valence-corrected chi connectivity index (χ0v) is 36.0. The van der Waals surface area contributed by atoms with Gasteiger partial charge in [0.2, 0.25) is 15.0 Å². The molecule has 0 aliphatic carbocycles. The van der Waals surface area contributed by atoms with Gasteiger partial charge in [-0.25, -0.2) is 37.9 Å². The maximum atomic E-state index is 13.3. The van der Waals surface area contributed by atoms with Gasteiger partial charge in [-0.3, -0.25) is 19.6 Å². The number of aromatic nitrogens is 4. The third-order valence-corrected chi connectivity index (χ3v) is 12.4. The molecular weight excluding hydrogens is 930 g/mol. The summed E-state index contributed by atoms with van der Waals surface area (Å²) in [6.45, 7) is -3.27. The quantitative estimate of drug-likeness (QED) is 0.0747. The molecule has 2 aliphatic heterocycles. The first-order valence-corrected chi connectivity index (χ1v) is 22.2. The fourth-order valence-corrected chi connectivity index (χ4v) is 9.01. The van der Waals surface area contributed by atoms with Gasteiger partial charge >= 0.3 is 24.4 Å². The highest BCUT2D eigenvalue weighted by Gasteiger charge is 2.43. The molecule has 22 heteroatoms. The Morgan fingerprint density at radius 3 is 1.52 bits per heavy atom. The summed E-state index contributed by atoms with van der Waals surface area (Å²) in [5, 5.41) is 0.0801. The zero-order valence-electron chi connectivity index (χ0n) is 32.8. The molecular formula is C42H32Cl2F6N8O4S2. The SMILES string of the molecule is O=C1N(c2ccccc2Cl)Cc2cnc(S(=O)(=O)Cc3ccccc3)nc2N1CC(F)(F)F.O=C1N(c2ccccc2Cl)Cc2cnc(SCc3ccccc3)nc2N1CC(F)(F)F. The van der Waals surface area contributed by atoms with Crippen molar-refractivity contribution in [2.24, 2.45) is 0 Å². The van der Waals surface area contributed by atoms with E-state index in [0.29, 0.717) is 37.5 Å². The van der Waals surface area contributed by atoms with Crippen molar-refractivity contribution < 1.29 is 44.3 Å². The molecule has 8 rings (SSSR count). The Labute approximate surface area is 376 Å². The molecule has 4 amide bonds. The summed E-state index contributed by atoms with van der Waals surface area (Å²) in [6.07, 6.45) is -6.77. The number of amides is 4. The van der Waals surface area contributed by atoms with Crippen LogP contribution in [0, 0.1) is 0 Å². The summed E-state index contributed by atoms with van der Waals surface area (Å²) in [5.74, 6) is -0.317. The summed E-state index contributed by atoms with van der Waals surface area (Å²) in [5.41, 5.74) is 2.59. The van der Waals surface area contributed by atoms with Crippen LogP contribution in [-0.4, -0.2) is 65.9 Å². The fraction of sp³-hybridized carbons (Fsp3) is 0.190. The van der Waals surface area contributed by atoms with Gasteiger partial charge < -0.3 is 0 Å². The van der Waals surface area contributed by atoms with E-state index >= 15 is 0 Å². The van der Waals surface area contributed by atoms with E-state index in [-0.39, 0.29) is 40.2 Å². The van der Waals surface area contributed by atoms with Crippen LogP contribution in [0.1, 0.15) is 22.3 Å². The first-order chi connectivity index (χ1) is 30.4. The molecule has 0 unspecified atom stereocenters. The Balaban J connectivity index is 0.000000192. The van der Waals surface area contributed by atoms with E-state index < -0.39 is 64.1 Å². The Kier molecular flexibility index (Phi) is 13.7. The van der Waals surface area contributed by atoms with Crippen molar-refractivity contribution in [3.8, 4) is 0 Å². The second kappa shape index (κ2) is 19.0. The third-order valence-electron chi connectivity index (χ3n) is 9.38. The number of alkyl halides is 6. The average molecular weight is 962 g/mol. The lowest BCUT2D eigenvalue weighted by Crippen LogP contribution is -2.51. The van der Waals surface area contributed by atoms with Crippen LogP contribution >= 0.6 is 35.0 Å². The minimum atomic E-state index is -4.76. The van der Waals surface area contributed by atoms with Gasteiger partial charge in [-0.15, -0.1) is 0 Å². The van der Waals surface area contributed by atoms with Crippen molar-refractivity contribution in [3.05, 3.63) is 154 Å². The van der Waals surface area contributed by atoms with Gasteiger partial charge in [-0.2, -0.15) is 26.3 Å². The van der Waals surface area contributed by atoms with Gasteiger partial charge in [0, 0.05) is 29.3 Å². The molecule has 0 N–H and O–H groups in total. The molecule has 6 aromatic rings. The molecule has 4 aromatic carbocycles. The third kappa shape index (κ3) is 11.0. The highest BCUT2D eigenvalue weighted by atomic mass is 35.5. The van der Waals surface area contributed by atoms with Crippen LogP contribution in [0.4, 0.5) is 58.9 Å². The van der Waals surface area contributed by atoms with E-state index in [1.165, 1.54) is 35.0 Å². The lowest BCUT2D eigenvalue weighted by atomic mass is 10.2. The number of sulfone groups is 1. The van der Waals surface area contributed by atoms with E-state index in [4.69, 9.17) is 23.2 Å². The topological polar surface area (TPSA) is 133 Å². The van der Waals surface area contributed by atoms with Crippen molar-refractivity contribution >= 4 is 79.9 Å². The number of halogens is 8. The Morgan fingerprint density at radius 1 is 0.594 bits per heavy atom. The number of thioether (sulfide) groups is 1. The molecule has 4 heterocycles. The molecule has 0 saturated carbocycles. The Hall–Kier alpha value is -5.96. The maximum absolute atomic E-state index is 13.3. The van der Waals surface area contributed by atoms with Crippen LogP contribution in [0.5, 0.6) is 0 Å². The maximum Gasteiger partial charge on any atom is 0.406 e. The number of nitrogens with zero attached hydrogens (tertiary/aromatic N) is 8. The summed E-state index contributed by atoms with van der Waals surface area (Å²) < 4.78 is 106. The molecule has 0 saturated heterocycles. The predicted octanol–water partition coefficient (Wildman–Crippen LogP) is 10.5. The van der Waals surface area contributed by atoms with E-state index in [9.17, 15) is 44.3 Å². The molecule has 0 radical (unpaired) electrons. The van der Waals surface area contributed by atoms with Crippen molar-refractivity contribution in [2.75, 3.05) is 32.7 Å². The standard InChI is InChI=1S/C21H16ClF3N4O3S.C21H16ClF3N4OS/c22-16-8-4-5-9-17(16)28-11-15-10-26-19(33(31,32)12-14-6-2-1-3-7-14)27-18(15)29(20(28)30)13-21(23,24)25;22-16-8-4-5-9-17(16)28-11-15-10-26-19(31-12-14-6-2-1-3-7-14)27-18(15)29(20(28)30)13-21(23,24)25/h1-10H,11-13H2;1-10H,11-13H2. The first kappa shape index (κ1) is 46.0. The number of urea groups is 2. The number of benzene rings is 4. The molecule has 332 valence electrons. The number of anilines is 4. The van der Waals surface area contributed by atoms with Crippen molar-refractivity contribution in [1.82, 2.24) is 19.9 Å². The van der Waals surface area contributed by atoms with Crippen molar-refractivity contribution in [2.45, 2.75) is 47.3 Å². The second-order valence-corrected chi connectivity index (χ2v) is 17.7. The van der Waals surface area contributed by atoms with Crippen LogP contribution in [0.3, 0.4) is 0 Å². The van der Waals surface area contributed by atoms with Gasteiger partial charge in [0.25, 0.3) is 0 Å². The number of para-hydroxylation sites is 2. The number of fused-ring (bicyclic) bond motifs is 2. The largest absolute Gasteiger partial charge is 0.406 e. The van der Waals surface area contributed by atoms with Gasteiger partial charge in [-0.05, 0) is 35.4 Å². The normalized spacial score (nSPS) is 14.2. The molecule has 2 aliphatic rings. The number of hydrogen-bond donors (Lipinski definition) is 0. The summed E-state index contributed by atoms with van der Waals surface area (Å²) in [7, 11) is -4.08. The Bertz CT molecular complexity index is 2780. The van der Waals surface area contributed by atoms with E-state index in [0.717, 1.165) is 16.7 Å². The number of hydrogen-bond acceptors (Lipinski definition) is 9. The second-order valence-electron chi connectivity index (χ2n) is 14.1. The summed E-state index contributed by atoms with van der Waals surface area (Å²) in [4.78, 5) is 45.8. The van der Waals surface area contributed by atoms with E-state index in [1.807, 2.05) is 30.3 Å². The van der Waals surface area contributed by atoms with E-state index in [1.54, 1.807) is 66.7 Å². The average Bonchev–Trinajstić information content (AvgIpc) is 3.25. The molecule has 0 fully saturated rings. The molecule has 2 aromatic heterocycles. The lowest BCUT2D eigenvalue weighted by Gasteiger charge is -2.36. The summed E-state index contributed by atoms with van der Waals surface area (Å²) >= 11 is 13.6. The lowest BCUT2D eigenvalue weighted by molar-refractivity contribution is -0.119.